The zero-order chi connectivity index (χ0) is 9.84. The van der Waals surface area contributed by atoms with Crippen molar-refractivity contribution < 1.29 is 24.3 Å². The van der Waals surface area contributed by atoms with Crippen LogP contribution in [0.1, 0.15) is 19.3 Å². The quantitative estimate of drug-likeness (QED) is 0.571. The van der Waals surface area contributed by atoms with Crippen LogP contribution in [0.2, 0.25) is 0 Å². The molecule has 1 heterocycles. The number of hydrogen-bond acceptors (Lipinski definition) is 5. The molecule has 2 amide bonds. The largest absolute Gasteiger partial charge is 0.396 e. The number of imide groups is 1. The maximum absolute atomic E-state index is 10.9. The average Bonchev–Trinajstić information content (AvgIpc) is 2.36. The molecule has 6 nitrogen and oxygen atoms in total. The van der Waals surface area contributed by atoms with E-state index in [0.717, 1.165) is 0 Å². The Morgan fingerprint density at radius 2 is 1.92 bits per heavy atom. The van der Waals surface area contributed by atoms with Crippen molar-refractivity contribution in [1.82, 2.24) is 5.06 Å². The summed E-state index contributed by atoms with van der Waals surface area (Å²) in [6.45, 7) is -0.366. The van der Waals surface area contributed by atoms with E-state index < -0.39 is 17.8 Å². The van der Waals surface area contributed by atoms with Crippen molar-refractivity contribution in [2.75, 3.05) is 6.61 Å². The lowest BCUT2D eigenvalue weighted by atomic mass is 10.4. The maximum Gasteiger partial charge on any atom is 0.335 e. The third-order valence-corrected chi connectivity index (χ3v) is 1.51. The molecule has 0 aromatic rings. The standard InChI is InChI=1S/C7H9NO5/c9-4-3-7(12)13-8-5(10)1-2-6(8)11/h9H,1-4H2. The van der Waals surface area contributed by atoms with Gasteiger partial charge in [0.25, 0.3) is 11.8 Å². The van der Waals surface area contributed by atoms with E-state index in [4.69, 9.17) is 5.11 Å². The molecule has 1 rings (SSSR count). The molecule has 1 fully saturated rings. The Morgan fingerprint density at radius 1 is 1.38 bits per heavy atom. The van der Waals surface area contributed by atoms with Gasteiger partial charge < -0.3 is 9.94 Å². The first-order valence-electron chi connectivity index (χ1n) is 3.82. The topological polar surface area (TPSA) is 83.9 Å². The molecule has 0 aromatic heterocycles. The summed E-state index contributed by atoms with van der Waals surface area (Å²) in [6.07, 6.45) is -0.0759. The molecule has 0 spiro atoms. The van der Waals surface area contributed by atoms with Crippen LogP contribution in [-0.2, 0) is 19.2 Å². The molecule has 13 heavy (non-hydrogen) atoms. The second kappa shape index (κ2) is 3.99. The van der Waals surface area contributed by atoms with E-state index in [0.29, 0.717) is 5.06 Å². The van der Waals surface area contributed by atoms with E-state index in [1.165, 1.54) is 0 Å². The van der Waals surface area contributed by atoms with Crippen LogP contribution in [0.15, 0.2) is 0 Å². The minimum atomic E-state index is -0.786. The van der Waals surface area contributed by atoms with Gasteiger partial charge in [0.15, 0.2) is 0 Å². The molecular formula is C7H9NO5. The molecule has 1 saturated heterocycles. The predicted molar refractivity (Wildman–Crippen MR) is 38.9 cm³/mol. The summed E-state index contributed by atoms with van der Waals surface area (Å²) >= 11 is 0. The van der Waals surface area contributed by atoms with Crippen LogP contribution < -0.4 is 0 Å². The number of rotatable bonds is 3. The first-order valence-corrected chi connectivity index (χ1v) is 3.82. The molecule has 72 valence electrons. The highest BCUT2D eigenvalue weighted by Gasteiger charge is 2.32. The van der Waals surface area contributed by atoms with E-state index in [1.54, 1.807) is 0 Å². The smallest absolute Gasteiger partial charge is 0.335 e. The number of aliphatic hydroxyl groups is 1. The van der Waals surface area contributed by atoms with E-state index in [2.05, 4.69) is 4.84 Å². The van der Waals surface area contributed by atoms with Crippen LogP contribution >= 0.6 is 0 Å². The van der Waals surface area contributed by atoms with Crippen LogP contribution in [0.25, 0.3) is 0 Å². The fraction of sp³-hybridized carbons (Fsp3) is 0.571. The van der Waals surface area contributed by atoms with E-state index in [-0.39, 0.29) is 25.9 Å². The lowest BCUT2D eigenvalue weighted by Gasteiger charge is -2.11. The Labute approximate surface area is 74.0 Å². The Kier molecular flexibility index (Phi) is 2.97. The molecule has 0 atom stereocenters. The van der Waals surface area contributed by atoms with Crippen molar-refractivity contribution in [2.24, 2.45) is 0 Å². The monoisotopic (exact) mass is 187 g/mol. The maximum atomic E-state index is 10.9. The number of nitrogens with zero attached hydrogens (tertiary/aromatic N) is 1. The first-order chi connectivity index (χ1) is 6.15. The van der Waals surface area contributed by atoms with Gasteiger partial charge in [-0.3, -0.25) is 9.59 Å². The summed E-state index contributed by atoms with van der Waals surface area (Å²) in [5.41, 5.74) is 0. The SMILES string of the molecule is O=C(CCO)ON1C(=O)CCC1=O. The van der Waals surface area contributed by atoms with E-state index >= 15 is 0 Å². The highest BCUT2D eigenvalue weighted by molar-refractivity contribution is 6.01. The van der Waals surface area contributed by atoms with Crippen LogP contribution in [0, 0.1) is 0 Å². The Morgan fingerprint density at radius 3 is 2.38 bits per heavy atom. The number of amides is 2. The second-order valence-corrected chi connectivity index (χ2v) is 2.52. The fourth-order valence-electron chi connectivity index (χ4n) is 0.897. The molecule has 0 unspecified atom stereocenters. The number of carbonyl (C=O) groups is 3. The van der Waals surface area contributed by atoms with Crippen LogP contribution in [0.3, 0.4) is 0 Å². The third kappa shape index (κ3) is 2.25. The number of aliphatic hydroxyl groups excluding tert-OH is 1. The normalized spacial score (nSPS) is 16.5. The zero-order valence-corrected chi connectivity index (χ0v) is 6.86. The van der Waals surface area contributed by atoms with Gasteiger partial charge in [-0.2, -0.15) is 0 Å². The van der Waals surface area contributed by atoms with Gasteiger partial charge in [0.2, 0.25) is 0 Å². The Bertz CT molecular complexity index is 233. The van der Waals surface area contributed by atoms with Crippen molar-refractivity contribution in [3.63, 3.8) is 0 Å². The van der Waals surface area contributed by atoms with Gasteiger partial charge in [-0.1, -0.05) is 0 Å². The molecule has 6 heteroatoms. The summed E-state index contributed by atoms with van der Waals surface area (Å²) in [7, 11) is 0. The third-order valence-electron chi connectivity index (χ3n) is 1.51. The summed E-state index contributed by atoms with van der Waals surface area (Å²) in [5, 5.41) is 8.81. The van der Waals surface area contributed by atoms with Gasteiger partial charge in [-0.25, -0.2) is 4.79 Å². The molecule has 1 aliphatic rings. The molecule has 1 aliphatic heterocycles. The minimum Gasteiger partial charge on any atom is -0.396 e. The van der Waals surface area contributed by atoms with Gasteiger partial charge in [0, 0.05) is 12.8 Å². The Hall–Kier alpha value is -1.43. The molecule has 0 aliphatic carbocycles. The number of hydroxylamine groups is 2. The molecule has 0 bridgehead atoms. The van der Waals surface area contributed by atoms with Crippen molar-refractivity contribution >= 4 is 17.8 Å². The first kappa shape index (κ1) is 9.66. The Balaban J connectivity index is 2.48. The predicted octanol–water partition coefficient (Wildman–Crippen LogP) is -1.02. The molecule has 0 aromatic carbocycles. The van der Waals surface area contributed by atoms with Gasteiger partial charge in [0.1, 0.15) is 0 Å². The zero-order valence-electron chi connectivity index (χ0n) is 6.86. The van der Waals surface area contributed by atoms with Crippen LogP contribution in [0.5, 0.6) is 0 Å². The summed E-state index contributed by atoms with van der Waals surface area (Å²) in [6, 6.07) is 0. The van der Waals surface area contributed by atoms with Crippen LogP contribution in [0.4, 0.5) is 0 Å². The lowest BCUT2D eigenvalue weighted by molar-refractivity contribution is -0.197. The van der Waals surface area contributed by atoms with Gasteiger partial charge in [-0.15, -0.1) is 5.06 Å². The van der Waals surface area contributed by atoms with Gasteiger partial charge in [0.05, 0.1) is 13.0 Å². The summed E-state index contributed by atoms with van der Waals surface area (Å²) in [5.74, 6) is -1.82. The van der Waals surface area contributed by atoms with E-state index in [9.17, 15) is 14.4 Å². The van der Waals surface area contributed by atoms with Crippen molar-refractivity contribution in [3.05, 3.63) is 0 Å². The lowest BCUT2D eigenvalue weighted by Crippen LogP contribution is -2.32. The molecule has 1 N–H and O–H groups in total. The highest BCUT2D eigenvalue weighted by Crippen LogP contribution is 2.12. The summed E-state index contributed by atoms with van der Waals surface area (Å²) in [4.78, 5) is 37.0. The van der Waals surface area contributed by atoms with E-state index in [1.807, 2.05) is 0 Å². The molecular weight excluding hydrogens is 178 g/mol. The van der Waals surface area contributed by atoms with Crippen molar-refractivity contribution in [2.45, 2.75) is 19.3 Å². The number of carbonyl (C=O) groups excluding carboxylic acids is 3. The minimum absolute atomic E-state index is 0.0746. The van der Waals surface area contributed by atoms with Crippen LogP contribution in [-0.4, -0.2) is 34.6 Å². The second-order valence-electron chi connectivity index (χ2n) is 2.52. The fourth-order valence-corrected chi connectivity index (χ4v) is 0.897. The van der Waals surface area contributed by atoms with Gasteiger partial charge >= 0.3 is 5.97 Å². The highest BCUT2D eigenvalue weighted by atomic mass is 16.7. The average molecular weight is 187 g/mol. The van der Waals surface area contributed by atoms with Crippen molar-refractivity contribution in [3.8, 4) is 0 Å². The summed E-state index contributed by atoms with van der Waals surface area (Å²) < 4.78 is 0. The molecule has 0 saturated carbocycles. The molecule has 0 radical (unpaired) electrons. The number of hydrogen-bond donors (Lipinski definition) is 1. The van der Waals surface area contributed by atoms with Gasteiger partial charge in [-0.05, 0) is 0 Å². The van der Waals surface area contributed by atoms with Crippen molar-refractivity contribution in [1.29, 1.82) is 0 Å².